The fourth-order valence-electron chi connectivity index (χ4n) is 2.53. The Kier molecular flexibility index (Phi) is 3.44. The van der Waals surface area contributed by atoms with Gasteiger partial charge in [-0.05, 0) is 41.5 Å². The van der Waals surface area contributed by atoms with E-state index < -0.39 is 0 Å². The molecule has 1 aliphatic rings. The van der Waals surface area contributed by atoms with Crippen molar-refractivity contribution in [2.24, 2.45) is 0 Å². The number of carbonyl (C=O) groups is 1. The number of anilines is 1. The number of nitrogens with two attached hydrogens (primary N) is 1. The van der Waals surface area contributed by atoms with Crippen LogP contribution in [0.3, 0.4) is 0 Å². The quantitative estimate of drug-likeness (QED) is 0.820. The highest BCUT2D eigenvalue weighted by Crippen LogP contribution is 2.31. The lowest BCUT2D eigenvalue weighted by Gasteiger charge is -2.29. The Balaban J connectivity index is 1.87. The van der Waals surface area contributed by atoms with Gasteiger partial charge >= 0.3 is 0 Å². The minimum atomic E-state index is 0.0150. The summed E-state index contributed by atoms with van der Waals surface area (Å²) in [5.74, 6) is 0.0150. The lowest BCUT2D eigenvalue weighted by atomic mass is 9.98. The van der Waals surface area contributed by atoms with Crippen molar-refractivity contribution in [3.05, 3.63) is 50.2 Å². The average Bonchev–Trinajstić information content (AvgIpc) is 2.78. The van der Waals surface area contributed by atoms with Crippen molar-refractivity contribution >= 4 is 34.5 Å². The molecule has 1 aromatic carbocycles. The van der Waals surface area contributed by atoms with Crippen molar-refractivity contribution in [3.63, 3.8) is 0 Å². The Morgan fingerprint density at radius 3 is 2.95 bits per heavy atom. The molecule has 0 spiro atoms. The molecule has 0 saturated heterocycles. The Morgan fingerprint density at radius 2 is 2.25 bits per heavy atom. The monoisotopic (exact) mass is 306 g/mol. The van der Waals surface area contributed by atoms with Crippen LogP contribution in [0.25, 0.3) is 0 Å². The van der Waals surface area contributed by atoms with Gasteiger partial charge in [0.25, 0.3) is 5.91 Å². The van der Waals surface area contributed by atoms with Crippen LogP contribution in [0.4, 0.5) is 5.69 Å². The van der Waals surface area contributed by atoms with Gasteiger partial charge < -0.3 is 10.6 Å². The second kappa shape index (κ2) is 5.11. The van der Waals surface area contributed by atoms with Gasteiger partial charge in [0.1, 0.15) is 4.88 Å². The van der Waals surface area contributed by atoms with E-state index >= 15 is 0 Å². The van der Waals surface area contributed by atoms with Gasteiger partial charge in [0, 0.05) is 18.8 Å². The molecule has 20 heavy (non-hydrogen) atoms. The Labute approximate surface area is 127 Å². The third-order valence-corrected chi connectivity index (χ3v) is 5.37. The van der Waals surface area contributed by atoms with E-state index in [-0.39, 0.29) is 5.91 Å². The maximum absolute atomic E-state index is 12.5. The van der Waals surface area contributed by atoms with Gasteiger partial charge in [-0.1, -0.05) is 23.7 Å². The Hall–Kier alpha value is -1.52. The zero-order valence-electron chi connectivity index (χ0n) is 11.1. The van der Waals surface area contributed by atoms with E-state index in [1.807, 2.05) is 35.4 Å². The van der Waals surface area contributed by atoms with Gasteiger partial charge in [-0.3, -0.25) is 4.79 Å². The maximum atomic E-state index is 12.5. The van der Waals surface area contributed by atoms with Crippen molar-refractivity contribution in [2.45, 2.75) is 19.9 Å². The van der Waals surface area contributed by atoms with E-state index in [2.05, 4.69) is 0 Å². The molecule has 3 rings (SSSR count). The first kappa shape index (κ1) is 13.5. The fraction of sp³-hybridized carbons (Fsp3) is 0.267. The van der Waals surface area contributed by atoms with Gasteiger partial charge in [0.05, 0.1) is 5.02 Å². The molecule has 0 unspecified atom stereocenters. The number of nitrogens with zero attached hydrogens (tertiary/aromatic N) is 1. The number of halogens is 1. The zero-order chi connectivity index (χ0) is 14.3. The van der Waals surface area contributed by atoms with E-state index in [0.717, 1.165) is 23.2 Å². The number of amides is 1. The largest absolute Gasteiger partial charge is 0.398 e. The summed E-state index contributed by atoms with van der Waals surface area (Å²) in [4.78, 5) is 15.0. The molecule has 1 aromatic heterocycles. The molecule has 104 valence electrons. The third-order valence-electron chi connectivity index (χ3n) is 3.68. The summed E-state index contributed by atoms with van der Waals surface area (Å²) >= 11 is 7.61. The minimum absolute atomic E-state index is 0.0150. The number of benzene rings is 1. The van der Waals surface area contributed by atoms with Gasteiger partial charge in [0.15, 0.2) is 0 Å². The lowest BCUT2D eigenvalue weighted by molar-refractivity contribution is 0.0740. The molecule has 5 heteroatoms. The van der Waals surface area contributed by atoms with Crippen LogP contribution in [0.15, 0.2) is 23.6 Å². The molecule has 0 bridgehead atoms. The summed E-state index contributed by atoms with van der Waals surface area (Å²) in [7, 11) is 0. The first-order valence-corrected chi connectivity index (χ1v) is 7.73. The minimum Gasteiger partial charge on any atom is -0.398 e. The molecule has 2 N–H and O–H groups in total. The van der Waals surface area contributed by atoms with Crippen LogP contribution in [0, 0.1) is 6.92 Å². The van der Waals surface area contributed by atoms with Gasteiger partial charge in [-0.2, -0.15) is 0 Å². The molecular weight excluding hydrogens is 292 g/mol. The van der Waals surface area contributed by atoms with Gasteiger partial charge in [-0.15, -0.1) is 11.3 Å². The van der Waals surface area contributed by atoms with Crippen LogP contribution in [0.5, 0.6) is 0 Å². The summed E-state index contributed by atoms with van der Waals surface area (Å²) < 4.78 is 0. The second-order valence-corrected chi connectivity index (χ2v) is 6.28. The molecule has 0 atom stereocenters. The van der Waals surface area contributed by atoms with E-state index in [4.69, 9.17) is 17.3 Å². The predicted molar refractivity (Wildman–Crippen MR) is 83.4 cm³/mol. The van der Waals surface area contributed by atoms with E-state index in [1.54, 1.807) is 0 Å². The first-order chi connectivity index (χ1) is 9.58. The number of aryl methyl sites for hydroxylation is 1. The Bertz CT molecular complexity index is 681. The topological polar surface area (TPSA) is 46.3 Å². The smallest absolute Gasteiger partial charge is 0.265 e. The molecular formula is C15H15ClN2OS. The van der Waals surface area contributed by atoms with Crippen LogP contribution in [0.1, 0.15) is 26.4 Å². The highest BCUT2D eigenvalue weighted by molar-refractivity contribution is 7.13. The molecule has 0 radical (unpaired) electrons. The van der Waals surface area contributed by atoms with E-state index in [0.29, 0.717) is 23.0 Å². The number of carbonyl (C=O) groups excluding carboxylic acids is 1. The molecule has 1 aliphatic heterocycles. The molecule has 0 aliphatic carbocycles. The van der Waals surface area contributed by atoms with Crippen LogP contribution in [-0.2, 0) is 13.0 Å². The normalized spacial score (nSPS) is 14.2. The number of fused-ring (bicyclic) bond motifs is 1. The van der Waals surface area contributed by atoms with Crippen LogP contribution in [0.2, 0.25) is 5.02 Å². The lowest BCUT2D eigenvalue weighted by Crippen LogP contribution is -2.36. The molecule has 2 heterocycles. The van der Waals surface area contributed by atoms with Gasteiger partial charge in [-0.25, -0.2) is 0 Å². The number of hydrogen-bond donors (Lipinski definition) is 1. The number of thiophene rings is 1. The number of hydrogen-bond acceptors (Lipinski definition) is 3. The van der Waals surface area contributed by atoms with Gasteiger partial charge in [0.2, 0.25) is 0 Å². The number of nitrogen functional groups attached to an aromatic ring is 1. The molecule has 0 saturated carbocycles. The van der Waals surface area contributed by atoms with Crippen LogP contribution < -0.4 is 5.73 Å². The third kappa shape index (κ3) is 2.19. The summed E-state index contributed by atoms with van der Waals surface area (Å²) in [6, 6.07) is 5.88. The van der Waals surface area contributed by atoms with Crippen molar-refractivity contribution in [1.29, 1.82) is 0 Å². The SMILES string of the molecule is Cc1csc(C(=O)N2CCc3c(N)cccc3C2)c1Cl. The number of rotatable bonds is 1. The van der Waals surface area contributed by atoms with Crippen molar-refractivity contribution in [2.75, 3.05) is 12.3 Å². The summed E-state index contributed by atoms with van der Waals surface area (Å²) in [6.45, 7) is 3.21. The van der Waals surface area contributed by atoms with E-state index in [1.165, 1.54) is 16.9 Å². The summed E-state index contributed by atoms with van der Waals surface area (Å²) in [5, 5.41) is 2.50. The molecule has 0 fully saturated rings. The molecule has 1 amide bonds. The Morgan fingerprint density at radius 1 is 1.45 bits per heavy atom. The first-order valence-electron chi connectivity index (χ1n) is 6.47. The van der Waals surface area contributed by atoms with Crippen molar-refractivity contribution in [3.8, 4) is 0 Å². The molecule has 2 aromatic rings. The van der Waals surface area contributed by atoms with Crippen LogP contribution >= 0.6 is 22.9 Å². The summed E-state index contributed by atoms with van der Waals surface area (Å²) in [5.41, 5.74) is 10.1. The van der Waals surface area contributed by atoms with Crippen LogP contribution in [-0.4, -0.2) is 17.4 Å². The highest BCUT2D eigenvalue weighted by atomic mass is 35.5. The van der Waals surface area contributed by atoms with Crippen molar-refractivity contribution in [1.82, 2.24) is 4.90 Å². The zero-order valence-corrected chi connectivity index (χ0v) is 12.7. The van der Waals surface area contributed by atoms with E-state index in [9.17, 15) is 4.79 Å². The standard InChI is InChI=1S/C15H15ClN2OS/c1-9-8-20-14(13(9)16)15(19)18-6-5-11-10(7-18)3-2-4-12(11)17/h2-4,8H,5-7,17H2,1H3. The summed E-state index contributed by atoms with van der Waals surface area (Å²) in [6.07, 6.45) is 0.801. The highest BCUT2D eigenvalue weighted by Gasteiger charge is 2.25. The average molecular weight is 307 g/mol. The predicted octanol–water partition coefficient (Wildman–Crippen LogP) is 3.49. The molecule has 3 nitrogen and oxygen atoms in total. The maximum Gasteiger partial charge on any atom is 0.265 e. The van der Waals surface area contributed by atoms with Crippen molar-refractivity contribution < 1.29 is 4.79 Å². The second-order valence-electron chi connectivity index (χ2n) is 5.02. The fourth-order valence-corrected chi connectivity index (χ4v) is 3.77.